The number of hydrogen-bond acceptors (Lipinski definition) is 3. The highest BCUT2D eigenvalue weighted by molar-refractivity contribution is 9.10. The fourth-order valence-electron chi connectivity index (χ4n) is 0.951. The lowest BCUT2D eigenvalue weighted by molar-refractivity contribution is -0.115. The number of thioether (sulfide) groups is 1. The van der Waals surface area contributed by atoms with E-state index in [1.165, 1.54) is 0 Å². The first-order valence-electron chi connectivity index (χ1n) is 4.44. The molecule has 4 heteroatoms. The molecule has 14 heavy (non-hydrogen) atoms. The summed E-state index contributed by atoms with van der Waals surface area (Å²) in [6.45, 7) is 4.22. The van der Waals surface area contributed by atoms with E-state index >= 15 is 0 Å². The van der Waals surface area contributed by atoms with Crippen molar-refractivity contribution in [1.82, 2.24) is 0 Å². The minimum Gasteiger partial charge on any atom is -0.298 e. The van der Waals surface area contributed by atoms with Gasteiger partial charge in [0.1, 0.15) is 5.78 Å². The van der Waals surface area contributed by atoms with Gasteiger partial charge in [-0.25, -0.2) is 0 Å². The van der Waals surface area contributed by atoms with Gasteiger partial charge in [-0.1, -0.05) is 13.8 Å². The maximum Gasteiger partial charge on any atom is 0.147 e. The van der Waals surface area contributed by atoms with Crippen molar-refractivity contribution in [3.63, 3.8) is 0 Å². The lowest BCUT2D eigenvalue weighted by Gasteiger charge is -2.02. The molecule has 0 aliphatic heterocycles. The predicted octanol–water partition coefficient (Wildman–Crippen LogP) is 3.76. The minimum absolute atomic E-state index is 0.318. The standard InChI is InChI=1S/C10H13BrOS2/c1-7(2)13-6-9(12)4-10-3-8(11)5-14-10/h3,5,7H,4,6H2,1-2H3. The monoisotopic (exact) mass is 292 g/mol. The molecule has 1 aromatic rings. The minimum atomic E-state index is 0.318. The average Bonchev–Trinajstić information content (AvgIpc) is 2.48. The fraction of sp³-hybridized carbons (Fsp3) is 0.500. The molecule has 0 saturated carbocycles. The summed E-state index contributed by atoms with van der Waals surface area (Å²) in [5, 5.41) is 2.55. The van der Waals surface area contributed by atoms with Crippen molar-refractivity contribution in [1.29, 1.82) is 0 Å². The Balaban J connectivity index is 2.34. The van der Waals surface area contributed by atoms with Crippen molar-refractivity contribution < 1.29 is 4.79 Å². The molecule has 0 aliphatic carbocycles. The van der Waals surface area contributed by atoms with E-state index in [4.69, 9.17) is 0 Å². The van der Waals surface area contributed by atoms with Crippen LogP contribution in [0.15, 0.2) is 15.9 Å². The molecule has 0 radical (unpaired) electrons. The zero-order valence-corrected chi connectivity index (χ0v) is 11.5. The summed E-state index contributed by atoms with van der Waals surface area (Å²) in [5.74, 6) is 0.950. The highest BCUT2D eigenvalue weighted by atomic mass is 79.9. The SMILES string of the molecule is CC(C)SCC(=O)Cc1cc(Br)cs1. The first kappa shape index (κ1) is 12.3. The van der Waals surface area contributed by atoms with Gasteiger partial charge in [0.05, 0.1) is 5.75 Å². The summed E-state index contributed by atoms with van der Waals surface area (Å²) in [6.07, 6.45) is 0.579. The summed E-state index contributed by atoms with van der Waals surface area (Å²) in [5.41, 5.74) is 0. The zero-order valence-electron chi connectivity index (χ0n) is 8.25. The number of rotatable bonds is 5. The quantitative estimate of drug-likeness (QED) is 0.822. The molecule has 0 aliphatic rings. The lowest BCUT2D eigenvalue weighted by atomic mass is 10.3. The zero-order chi connectivity index (χ0) is 10.6. The molecule has 1 rings (SSSR count). The molecule has 0 spiro atoms. The Bertz CT molecular complexity index is 307. The van der Waals surface area contributed by atoms with Crippen molar-refractivity contribution in [2.24, 2.45) is 0 Å². The van der Waals surface area contributed by atoms with Crippen molar-refractivity contribution in [3.05, 3.63) is 20.8 Å². The average molecular weight is 293 g/mol. The van der Waals surface area contributed by atoms with Gasteiger partial charge < -0.3 is 0 Å². The maximum absolute atomic E-state index is 11.5. The summed E-state index contributed by atoms with van der Waals surface area (Å²) in [6, 6.07) is 2.02. The highest BCUT2D eigenvalue weighted by Crippen LogP contribution is 2.21. The van der Waals surface area contributed by atoms with Gasteiger partial charge in [0.25, 0.3) is 0 Å². The predicted molar refractivity (Wildman–Crippen MR) is 68.3 cm³/mol. The number of hydrogen-bond donors (Lipinski definition) is 0. The van der Waals surface area contributed by atoms with Crippen molar-refractivity contribution in [2.45, 2.75) is 25.5 Å². The Kier molecular flexibility index (Phi) is 5.20. The van der Waals surface area contributed by atoms with Crippen LogP contribution in [0.1, 0.15) is 18.7 Å². The van der Waals surface area contributed by atoms with Crippen molar-refractivity contribution in [2.75, 3.05) is 5.75 Å². The molecule has 0 saturated heterocycles. The number of carbonyl (C=O) groups is 1. The van der Waals surface area contributed by atoms with E-state index in [0.29, 0.717) is 23.2 Å². The topological polar surface area (TPSA) is 17.1 Å². The van der Waals surface area contributed by atoms with Crippen LogP contribution in [0.3, 0.4) is 0 Å². The van der Waals surface area contributed by atoms with Gasteiger partial charge in [0, 0.05) is 21.2 Å². The van der Waals surface area contributed by atoms with Crippen LogP contribution < -0.4 is 0 Å². The van der Waals surface area contributed by atoms with Crippen LogP contribution in [0, 0.1) is 0 Å². The summed E-state index contributed by atoms with van der Waals surface area (Å²) in [4.78, 5) is 12.6. The van der Waals surface area contributed by atoms with Crippen LogP contribution >= 0.6 is 39.0 Å². The van der Waals surface area contributed by atoms with Gasteiger partial charge in [-0.15, -0.1) is 11.3 Å². The number of carbonyl (C=O) groups excluding carboxylic acids is 1. The molecule has 0 unspecified atom stereocenters. The maximum atomic E-state index is 11.5. The molecule has 0 amide bonds. The smallest absolute Gasteiger partial charge is 0.147 e. The third-order valence-electron chi connectivity index (χ3n) is 1.57. The van der Waals surface area contributed by atoms with Gasteiger partial charge in [0.2, 0.25) is 0 Å². The highest BCUT2D eigenvalue weighted by Gasteiger charge is 2.07. The second-order valence-electron chi connectivity index (χ2n) is 3.31. The Hall–Kier alpha value is 0.200. The van der Waals surface area contributed by atoms with E-state index in [2.05, 4.69) is 29.8 Å². The molecule has 1 heterocycles. The molecule has 1 aromatic heterocycles. The van der Waals surface area contributed by atoms with Crippen LogP contribution in [-0.4, -0.2) is 16.8 Å². The second kappa shape index (κ2) is 5.93. The van der Waals surface area contributed by atoms with E-state index in [1.54, 1.807) is 23.1 Å². The largest absolute Gasteiger partial charge is 0.298 e. The molecule has 0 aromatic carbocycles. The van der Waals surface area contributed by atoms with E-state index in [0.717, 1.165) is 9.35 Å². The van der Waals surface area contributed by atoms with Gasteiger partial charge in [0.15, 0.2) is 0 Å². The Labute approximate surface area is 101 Å². The molecular formula is C10H13BrOS2. The van der Waals surface area contributed by atoms with Crippen molar-refractivity contribution >= 4 is 44.8 Å². The van der Waals surface area contributed by atoms with Crippen LogP contribution in [0.4, 0.5) is 0 Å². The molecule has 0 N–H and O–H groups in total. The van der Waals surface area contributed by atoms with E-state index in [-0.39, 0.29) is 0 Å². The Morgan fingerprint density at radius 2 is 2.36 bits per heavy atom. The Morgan fingerprint density at radius 1 is 1.64 bits per heavy atom. The van der Waals surface area contributed by atoms with Crippen LogP contribution in [0.5, 0.6) is 0 Å². The second-order valence-corrected chi connectivity index (χ2v) is 6.78. The van der Waals surface area contributed by atoms with Gasteiger partial charge in [-0.3, -0.25) is 4.79 Å². The van der Waals surface area contributed by atoms with Gasteiger partial charge >= 0.3 is 0 Å². The third-order valence-corrected chi connectivity index (χ3v) is 4.42. The van der Waals surface area contributed by atoms with Gasteiger partial charge in [-0.05, 0) is 27.2 Å². The van der Waals surface area contributed by atoms with E-state index in [1.807, 2.05) is 11.4 Å². The number of halogens is 1. The molecule has 78 valence electrons. The number of ketones is 1. The van der Waals surface area contributed by atoms with Crippen molar-refractivity contribution in [3.8, 4) is 0 Å². The van der Waals surface area contributed by atoms with E-state index < -0.39 is 0 Å². The summed E-state index contributed by atoms with van der Waals surface area (Å²) in [7, 11) is 0. The lowest BCUT2D eigenvalue weighted by Crippen LogP contribution is -2.06. The molecule has 0 bridgehead atoms. The normalized spacial score (nSPS) is 10.9. The molecule has 1 nitrogen and oxygen atoms in total. The third kappa shape index (κ3) is 4.62. The first-order valence-corrected chi connectivity index (χ1v) is 7.16. The first-order chi connectivity index (χ1) is 6.58. The number of Topliss-reactive ketones (excluding diaryl/α,β-unsaturated/α-hetero) is 1. The van der Waals surface area contributed by atoms with Crippen LogP contribution in [0.25, 0.3) is 0 Å². The van der Waals surface area contributed by atoms with Crippen LogP contribution in [0.2, 0.25) is 0 Å². The molecular weight excluding hydrogens is 280 g/mol. The van der Waals surface area contributed by atoms with E-state index in [9.17, 15) is 4.79 Å². The van der Waals surface area contributed by atoms with Gasteiger partial charge in [-0.2, -0.15) is 11.8 Å². The fourth-order valence-corrected chi connectivity index (χ4v) is 3.05. The summed E-state index contributed by atoms with van der Waals surface area (Å²) >= 11 is 6.72. The molecule has 0 atom stereocenters. The Morgan fingerprint density at radius 3 is 2.86 bits per heavy atom. The molecule has 0 fully saturated rings. The number of thiophene rings is 1. The van der Waals surface area contributed by atoms with Crippen LogP contribution in [-0.2, 0) is 11.2 Å². The summed E-state index contributed by atoms with van der Waals surface area (Å²) < 4.78 is 1.07.